The fourth-order valence-electron chi connectivity index (χ4n) is 1.47. The highest BCUT2D eigenvalue weighted by Crippen LogP contribution is 2.39. The van der Waals surface area contributed by atoms with Crippen molar-refractivity contribution in [2.75, 3.05) is 6.54 Å². The maximum Gasteiger partial charge on any atom is 0.223 e. The van der Waals surface area contributed by atoms with Gasteiger partial charge in [-0.25, -0.2) is 4.98 Å². The summed E-state index contributed by atoms with van der Waals surface area (Å²) in [6.45, 7) is 17.1. The smallest absolute Gasteiger partial charge is 0.223 e. The van der Waals surface area contributed by atoms with Gasteiger partial charge in [0.2, 0.25) is 5.89 Å². The highest BCUT2D eigenvalue weighted by molar-refractivity contribution is 7.90. The molecule has 2 atom stereocenters. The van der Waals surface area contributed by atoms with Crippen LogP contribution in [0.5, 0.6) is 0 Å². The van der Waals surface area contributed by atoms with Crippen molar-refractivity contribution in [1.82, 2.24) is 9.71 Å². The molecule has 7 heteroatoms. The van der Waals surface area contributed by atoms with Crippen LogP contribution in [-0.4, -0.2) is 29.1 Å². The molecule has 0 aromatic carbocycles. The van der Waals surface area contributed by atoms with E-state index >= 15 is 0 Å². The zero-order chi connectivity index (χ0) is 17.2. The predicted molar refractivity (Wildman–Crippen MR) is 93.4 cm³/mol. The van der Waals surface area contributed by atoms with E-state index in [9.17, 15) is 4.55 Å². The number of oxazole rings is 1. The zero-order valence-corrected chi connectivity index (χ0v) is 16.8. The van der Waals surface area contributed by atoms with E-state index in [2.05, 4.69) is 43.6 Å². The third-order valence-corrected chi connectivity index (χ3v) is 9.95. The number of hydrogen-bond acceptors (Lipinski definition) is 5. The molecule has 1 N–H and O–H groups in total. The first kappa shape index (κ1) is 19.7. The molecule has 0 aliphatic rings. The maximum atomic E-state index is 12.2. The highest BCUT2D eigenvalue weighted by Gasteiger charge is 2.41. The Morgan fingerprint density at radius 3 is 2.32 bits per heavy atom. The van der Waals surface area contributed by atoms with E-state index in [1.807, 2.05) is 20.8 Å². The summed E-state index contributed by atoms with van der Waals surface area (Å²) in [5.41, 5.74) is 0. The Morgan fingerprint density at radius 2 is 1.91 bits per heavy atom. The normalized spacial score (nSPS) is 16.6. The van der Waals surface area contributed by atoms with Crippen molar-refractivity contribution in [2.45, 2.75) is 70.5 Å². The Balaban J connectivity index is 2.83. The second-order valence-electron chi connectivity index (χ2n) is 7.97. The van der Waals surface area contributed by atoms with Crippen LogP contribution in [-0.2, 0) is 15.8 Å². The quantitative estimate of drug-likeness (QED) is 0.627. The van der Waals surface area contributed by atoms with Crippen molar-refractivity contribution < 1.29 is 13.4 Å². The molecule has 0 aliphatic carbocycles. The first-order valence-corrected chi connectivity index (χ1v) is 11.6. The Hall–Kier alpha value is -0.343. The SMILES string of the molecule is CC(C)(C)[S+]([O-])NC[C@H](O[Si](C)(C)C(C)(C)C)c1ncco1. The van der Waals surface area contributed by atoms with Crippen LogP contribution in [0.3, 0.4) is 0 Å². The molecule has 1 heterocycles. The van der Waals surface area contributed by atoms with Gasteiger partial charge >= 0.3 is 0 Å². The number of rotatable bonds is 6. The lowest BCUT2D eigenvalue weighted by molar-refractivity contribution is 0.154. The van der Waals surface area contributed by atoms with E-state index in [-0.39, 0.29) is 15.9 Å². The number of aromatic nitrogens is 1. The Morgan fingerprint density at radius 1 is 1.32 bits per heavy atom. The molecule has 128 valence electrons. The van der Waals surface area contributed by atoms with Gasteiger partial charge in [-0.1, -0.05) is 20.8 Å². The molecule has 5 nitrogen and oxygen atoms in total. The van der Waals surface area contributed by atoms with Crippen molar-refractivity contribution in [3.05, 3.63) is 18.4 Å². The molecule has 1 aromatic rings. The van der Waals surface area contributed by atoms with Crippen LogP contribution in [0.15, 0.2) is 16.9 Å². The lowest BCUT2D eigenvalue weighted by Gasteiger charge is -2.38. The molecule has 0 amide bonds. The third-order valence-electron chi connectivity index (χ3n) is 3.93. The Bertz CT molecular complexity index is 452. The van der Waals surface area contributed by atoms with Crippen molar-refractivity contribution in [2.24, 2.45) is 0 Å². The van der Waals surface area contributed by atoms with Crippen LogP contribution in [0.4, 0.5) is 0 Å². The van der Waals surface area contributed by atoms with E-state index in [1.165, 1.54) is 6.26 Å². The summed E-state index contributed by atoms with van der Waals surface area (Å²) >= 11 is -1.15. The Kier molecular flexibility index (Phi) is 6.31. The first-order chi connectivity index (χ1) is 9.84. The lowest BCUT2D eigenvalue weighted by Crippen LogP contribution is -2.46. The second kappa shape index (κ2) is 7.05. The summed E-state index contributed by atoms with van der Waals surface area (Å²) in [5.74, 6) is 0.531. The van der Waals surface area contributed by atoms with E-state index in [0.29, 0.717) is 12.4 Å². The number of nitrogens with one attached hydrogen (secondary N) is 1. The zero-order valence-electron chi connectivity index (χ0n) is 15.0. The largest absolute Gasteiger partial charge is 0.598 e. The van der Waals surface area contributed by atoms with E-state index in [0.717, 1.165) is 0 Å². The summed E-state index contributed by atoms with van der Waals surface area (Å²) in [7, 11) is -1.98. The van der Waals surface area contributed by atoms with Crippen LogP contribution >= 0.6 is 0 Å². The minimum atomic E-state index is -1.98. The van der Waals surface area contributed by atoms with Gasteiger partial charge in [-0.05, 0) is 38.9 Å². The standard InChI is InChI=1S/C15H30N2O3SSi/c1-14(2,3)21(18)17-11-12(13-16-9-10-19-13)20-22(7,8)15(4,5)6/h9-10,12,17H,11H2,1-8H3/t12-,21?/m0/s1. The van der Waals surface area contributed by atoms with Gasteiger partial charge in [-0.2, -0.15) is 0 Å². The van der Waals surface area contributed by atoms with Crippen LogP contribution < -0.4 is 4.72 Å². The third kappa shape index (κ3) is 5.38. The maximum absolute atomic E-state index is 12.2. The minimum absolute atomic E-state index is 0.0843. The monoisotopic (exact) mass is 346 g/mol. The van der Waals surface area contributed by atoms with Crippen molar-refractivity contribution >= 4 is 19.7 Å². The average Bonchev–Trinajstić information content (AvgIpc) is 2.84. The fourth-order valence-corrected chi connectivity index (χ4v) is 3.46. The van der Waals surface area contributed by atoms with Gasteiger partial charge in [0.1, 0.15) is 17.1 Å². The molecule has 0 spiro atoms. The second-order valence-corrected chi connectivity index (χ2v) is 14.8. The molecule has 0 saturated heterocycles. The van der Waals surface area contributed by atoms with Gasteiger partial charge in [0.25, 0.3) is 0 Å². The molecule has 1 aromatic heterocycles. The first-order valence-electron chi connectivity index (χ1n) is 7.57. The van der Waals surface area contributed by atoms with Crippen molar-refractivity contribution in [3.8, 4) is 0 Å². The fraction of sp³-hybridized carbons (Fsp3) is 0.800. The van der Waals surface area contributed by atoms with Crippen LogP contribution in [0.2, 0.25) is 18.1 Å². The average molecular weight is 347 g/mol. The summed E-state index contributed by atoms with van der Waals surface area (Å²) < 4.78 is 26.8. The predicted octanol–water partition coefficient (Wildman–Crippen LogP) is 3.79. The van der Waals surface area contributed by atoms with Crippen molar-refractivity contribution in [1.29, 1.82) is 0 Å². The summed E-state index contributed by atoms with van der Waals surface area (Å²) in [5, 5.41) is 0.0843. The summed E-state index contributed by atoms with van der Waals surface area (Å²) in [6, 6.07) is 0. The van der Waals surface area contributed by atoms with Gasteiger partial charge < -0.3 is 13.4 Å². The lowest BCUT2D eigenvalue weighted by atomic mass is 10.2. The van der Waals surface area contributed by atoms with Gasteiger partial charge in [-0.15, -0.1) is 4.72 Å². The van der Waals surface area contributed by atoms with Gasteiger partial charge in [0, 0.05) is 11.4 Å². The van der Waals surface area contributed by atoms with E-state index in [4.69, 9.17) is 8.84 Å². The van der Waals surface area contributed by atoms with Gasteiger partial charge in [0.05, 0.1) is 12.7 Å². The van der Waals surface area contributed by atoms with Crippen LogP contribution in [0, 0.1) is 0 Å². The molecule has 1 rings (SSSR count). The molecule has 0 radical (unpaired) electrons. The number of hydrogen-bond donors (Lipinski definition) is 1. The minimum Gasteiger partial charge on any atom is -0.598 e. The molecule has 0 fully saturated rings. The Labute approximate surface area is 138 Å². The topological polar surface area (TPSA) is 70.3 Å². The summed E-state index contributed by atoms with van der Waals surface area (Å²) in [6.07, 6.45) is 2.82. The van der Waals surface area contributed by atoms with Crippen LogP contribution in [0.25, 0.3) is 0 Å². The van der Waals surface area contributed by atoms with Gasteiger partial charge in [0.15, 0.2) is 8.32 Å². The molecule has 0 aliphatic heterocycles. The highest BCUT2D eigenvalue weighted by atomic mass is 32.2. The molecular formula is C15H30N2O3SSi. The summed E-state index contributed by atoms with van der Waals surface area (Å²) in [4.78, 5) is 4.21. The molecule has 0 saturated carbocycles. The number of nitrogens with zero attached hydrogens (tertiary/aromatic N) is 1. The molecule has 0 bridgehead atoms. The van der Waals surface area contributed by atoms with E-state index in [1.54, 1.807) is 6.20 Å². The molecular weight excluding hydrogens is 316 g/mol. The van der Waals surface area contributed by atoms with Crippen molar-refractivity contribution in [3.63, 3.8) is 0 Å². The molecule has 1 unspecified atom stereocenters. The van der Waals surface area contributed by atoms with E-state index < -0.39 is 19.7 Å². The molecule has 22 heavy (non-hydrogen) atoms. The van der Waals surface area contributed by atoms with Gasteiger partial charge in [-0.3, -0.25) is 0 Å². The van der Waals surface area contributed by atoms with Crippen LogP contribution in [0.1, 0.15) is 53.5 Å².